The first kappa shape index (κ1) is 9.79. The molecule has 2 rings (SSSR count). The summed E-state index contributed by atoms with van der Waals surface area (Å²) in [5.41, 5.74) is 7.16. The molecule has 0 aromatic heterocycles. The van der Waals surface area contributed by atoms with E-state index < -0.39 is 0 Å². The van der Waals surface area contributed by atoms with Crippen LogP contribution < -0.4 is 20.7 Å². The first-order valence-electron chi connectivity index (χ1n) is 4.68. The summed E-state index contributed by atoms with van der Waals surface area (Å²) in [5.74, 6) is 0.568. The summed E-state index contributed by atoms with van der Waals surface area (Å²) in [7, 11) is 1.88. The topological polar surface area (TPSA) is 67.6 Å². The van der Waals surface area contributed by atoms with Crippen molar-refractivity contribution >= 4 is 17.3 Å². The minimum absolute atomic E-state index is 0.0824. The minimum Gasteiger partial charge on any atom is -0.482 e. The lowest BCUT2D eigenvalue weighted by molar-refractivity contribution is -0.118. The second-order valence-corrected chi connectivity index (χ2v) is 3.40. The van der Waals surface area contributed by atoms with E-state index in [2.05, 4.69) is 5.32 Å². The maximum Gasteiger partial charge on any atom is 0.262 e. The molecule has 1 aliphatic rings. The first-order chi connectivity index (χ1) is 7.20. The molecular formula is C10H13N3O2. The smallest absolute Gasteiger partial charge is 0.262 e. The zero-order chi connectivity index (χ0) is 10.8. The van der Waals surface area contributed by atoms with Crippen LogP contribution in [-0.4, -0.2) is 26.2 Å². The SMILES string of the molecule is CN(CN)c1ccc2c(c1)NC(=O)CO2. The highest BCUT2D eigenvalue weighted by Gasteiger charge is 2.16. The summed E-state index contributed by atoms with van der Waals surface area (Å²) in [6, 6.07) is 5.58. The fourth-order valence-electron chi connectivity index (χ4n) is 1.41. The molecule has 0 aliphatic carbocycles. The van der Waals surface area contributed by atoms with Gasteiger partial charge >= 0.3 is 0 Å². The van der Waals surface area contributed by atoms with Gasteiger partial charge in [0.1, 0.15) is 5.75 Å². The van der Waals surface area contributed by atoms with E-state index in [-0.39, 0.29) is 12.5 Å². The van der Waals surface area contributed by atoms with Crippen LogP contribution in [0.1, 0.15) is 0 Å². The molecule has 1 heterocycles. The molecule has 0 spiro atoms. The maximum atomic E-state index is 11.1. The largest absolute Gasteiger partial charge is 0.482 e. The van der Waals surface area contributed by atoms with E-state index in [1.54, 1.807) is 0 Å². The van der Waals surface area contributed by atoms with Gasteiger partial charge in [0.05, 0.1) is 12.4 Å². The van der Waals surface area contributed by atoms with Crippen molar-refractivity contribution in [3.05, 3.63) is 18.2 Å². The molecule has 0 fully saturated rings. The molecule has 0 saturated heterocycles. The Morgan fingerprint density at radius 1 is 1.60 bits per heavy atom. The Kier molecular flexibility index (Phi) is 2.47. The molecular weight excluding hydrogens is 194 g/mol. The van der Waals surface area contributed by atoms with E-state index >= 15 is 0 Å². The highest BCUT2D eigenvalue weighted by molar-refractivity contribution is 5.96. The number of nitrogens with one attached hydrogen (secondary N) is 1. The molecule has 0 unspecified atom stereocenters. The molecule has 1 aliphatic heterocycles. The number of carbonyl (C=O) groups is 1. The summed E-state index contributed by atoms with van der Waals surface area (Å²) in [6.45, 7) is 0.507. The van der Waals surface area contributed by atoms with E-state index in [0.29, 0.717) is 18.1 Å². The lowest BCUT2D eigenvalue weighted by Gasteiger charge is -2.22. The van der Waals surface area contributed by atoms with Crippen LogP contribution in [0, 0.1) is 0 Å². The van der Waals surface area contributed by atoms with Gasteiger partial charge in [-0.25, -0.2) is 0 Å². The van der Waals surface area contributed by atoms with Gasteiger partial charge in [-0.15, -0.1) is 0 Å². The van der Waals surface area contributed by atoms with Crippen molar-refractivity contribution in [2.45, 2.75) is 0 Å². The van der Waals surface area contributed by atoms with Crippen LogP contribution in [-0.2, 0) is 4.79 Å². The van der Waals surface area contributed by atoms with Gasteiger partial charge in [0.2, 0.25) is 0 Å². The number of nitrogens with zero attached hydrogens (tertiary/aromatic N) is 1. The molecule has 0 radical (unpaired) electrons. The average Bonchev–Trinajstić information content (AvgIpc) is 2.27. The third-order valence-corrected chi connectivity index (χ3v) is 2.31. The van der Waals surface area contributed by atoms with Crippen LogP contribution in [0.25, 0.3) is 0 Å². The van der Waals surface area contributed by atoms with Crippen molar-refractivity contribution in [1.82, 2.24) is 0 Å². The van der Waals surface area contributed by atoms with Gasteiger partial charge in [-0.05, 0) is 18.2 Å². The number of fused-ring (bicyclic) bond motifs is 1. The minimum atomic E-state index is -0.130. The van der Waals surface area contributed by atoms with Gasteiger partial charge < -0.3 is 20.7 Å². The highest BCUT2D eigenvalue weighted by Crippen LogP contribution is 2.31. The van der Waals surface area contributed by atoms with Crippen LogP contribution in [0.5, 0.6) is 5.75 Å². The number of ether oxygens (including phenoxy) is 1. The fraction of sp³-hybridized carbons (Fsp3) is 0.300. The number of amides is 1. The molecule has 0 bridgehead atoms. The number of carbonyl (C=O) groups excluding carboxylic acids is 1. The third kappa shape index (κ3) is 1.87. The van der Waals surface area contributed by atoms with Crippen molar-refractivity contribution in [2.24, 2.45) is 5.73 Å². The predicted octanol–water partition coefficient (Wildman–Crippen LogP) is 0.370. The second-order valence-electron chi connectivity index (χ2n) is 3.40. The zero-order valence-corrected chi connectivity index (χ0v) is 8.49. The molecule has 1 aromatic rings. The summed E-state index contributed by atoms with van der Waals surface area (Å²) < 4.78 is 5.24. The van der Waals surface area contributed by atoms with Gasteiger partial charge in [-0.2, -0.15) is 0 Å². The van der Waals surface area contributed by atoms with Crippen LogP contribution in [0.4, 0.5) is 11.4 Å². The third-order valence-electron chi connectivity index (χ3n) is 2.31. The monoisotopic (exact) mass is 207 g/mol. The Morgan fingerprint density at radius 2 is 2.40 bits per heavy atom. The summed E-state index contributed by atoms with van der Waals surface area (Å²) in [4.78, 5) is 13.0. The summed E-state index contributed by atoms with van der Waals surface area (Å²) in [5, 5.41) is 2.75. The van der Waals surface area contributed by atoms with Gasteiger partial charge in [-0.1, -0.05) is 0 Å². The van der Waals surface area contributed by atoms with Crippen LogP contribution in [0.3, 0.4) is 0 Å². The number of hydrogen-bond acceptors (Lipinski definition) is 4. The number of rotatable bonds is 2. The molecule has 0 saturated carbocycles. The van der Waals surface area contributed by atoms with Gasteiger partial charge in [0.15, 0.2) is 6.61 Å². The molecule has 5 heteroatoms. The highest BCUT2D eigenvalue weighted by atomic mass is 16.5. The van der Waals surface area contributed by atoms with Gasteiger partial charge in [0.25, 0.3) is 5.91 Å². The van der Waals surface area contributed by atoms with E-state index in [4.69, 9.17) is 10.5 Å². The normalized spacial score (nSPS) is 13.9. The lowest BCUT2D eigenvalue weighted by atomic mass is 10.2. The lowest BCUT2D eigenvalue weighted by Crippen LogP contribution is -2.27. The molecule has 3 N–H and O–H groups in total. The number of anilines is 2. The standard InChI is InChI=1S/C10H13N3O2/c1-13(6-11)7-2-3-9-8(4-7)12-10(14)5-15-9/h2-4H,5-6,11H2,1H3,(H,12,14). The van der Waals surface area contributed by atoms with Gasteiger partial charge in [-0.3, -0.25) is 4.79 Å². The Balaban J connectivity index is 2.32. The Bertz CT molecular complexity index is 392. The second kappa shape index (κ2) is 3.78. The average molecular weight is 207 g/mol. The number of benzene rings is 1. The van der Waals surface area contributed by atoms with Crippen molar-refractivity contribution in [3.8, 4) is 5.75 Å². The quantitative estimate of drug-likeness (QED) is 0.687. The molecule has 80 valence electrons. The Morgan fingerprint density at radius 3 is 3.13 bits per heavy atom. The van der Waals surface area contributed by atoms with E-state index in [9.17, 15) is 4.79 Å². The molecule has 15 heavy (non-hydrogen) atoms. The Hall–Kier alpha value is -1.75. The van der Waals surface area contributed by atoms with Crippen molar-refractivity contribution in [1.29, 1.82) is 0 Å². The molecule has 1 amide bonds. The van der Waals surface area contributed by atoms with Crippen LogP contribution in [0.15, 0.2) is 18.2 Å². The fourth-order valence-corrected chi connectivity index (χ4v) is 1.41. The van der Waals surface area contributed by atoms with Crippen molar-refractivity contribution in [2.75, 3.05) is 30.5 Å². The summed E-state index contributed by atoms with van der Waals surface area (Å²) >= 11 is 0. The number of nitrogens with two attached hydrogens (primary N) is 1. The molecule has 0 atom stereocenters. The van der Waals surface area contributed by atoms with Crippen LogP contribution >= 0.6 is 0 Å². The first-order valence-corrected chi connectivity index (χ1v) is 4.68. The summed E-state index contributed by atoms with van der Waals surface area (Å²) in [6.07, 6.45) is 0. The van der Waals surface area contributed by atoms with E-state index in [1.165, 1.54) is 0 Å². The van der Waals surface area contributed by atoms with E-state index in [0.717, 1.165) is 5.69 Å². The van der Waals surface area contributed by atoms with Crippen molar-refractivity contribution in [3.63, 3.8) is 0 Å². The Labute approximate surface area is 87.8 Å². The number of hydrogen-bond donors (Lipinski definition) is 2. The molecule has 1 aromatic carbocycles. The van der Waals surface area contributed by atoms with Gasteiger partial charge in [0, 0.05) is 12.7 Å². The predicted molar refractivity (Wildman–Crippen MR) is 58.0 cm³/mol. The molecule has 5 nitrogen and oxygen atoms in total. The van der Waals surface area contributed by atoms with Crippen molar-refractivity contribution < 1.29 is 9.53 Å². The van der Waals surface area contributed by atoms with Crippen LogP contribution in [0.2, 0.25) is 0 Å². The maximum absolute atomic E-state index is 11.1. The zero-order valence-electron chi connectivity index (χ0n) is 8.49. The van der Waals surface area contributed by atoms with E-state index in [1.807, 2.05) is 30.1 Å².